The fourth-order valence-electron chi connectivity index (χ4n) is 1.88. The van der Waals surface area contributed by atoms with Crippen molar-refractivity contribution < 1.29 is 14.3 Å². The van der Waals surface area contributed by atoms with Crippen molar-refractivity contribution in [3.8, 4) is 5.75 Å². The third-order valence-corrected chi connectivity index (χ3v) is 3.39. The van der Waals surface area contributed by atoms with Gasteiger partial charge in [-0.25, -0.2) is 0 Å². The second-order valence-electron chi connectivity index (χ2n) is 4.89. The number of carbonyl (C=O) groups excluding carboxylic acids is 1. The van der Waals surface area contributed by atoms with Crippen molar-refractivity contribution in [2.75, 3.05) is 33.4 Å². The zero-order valence-corrected chi connectivity index (χ0v) is 12.9. The first-order chi connectivity index (χ1) is 9.56. The van der Waals surface area contributed by atoms with Crippen LogP contribution in [-0.4, -0.2) is 44.2 Å². The molecule has 0 N–H and O–H groups in total. The molecule has 0 fully saturated rings. The highest BCUT2D eigenvalue weighted by molar-refractivity contribution is 5.71. The highest BCUT2D eigenvalue weighted by Gasteiger charge is 2.08. The molecule has 0 radical (unpaired) electrons. The third-order valence-electron chi connectivity index (χ3n) is 3.39. The van der Waals surface area contributed by atoms with Gasteiger partial charge in [-0.2, -0.15) is 0 Å². The van der Waals surface area contributed by atoms with Gasteiger partial charge < -0.3 is 9.47 Å². The summed E-state index contributed by atoms with van der Waals surface area (Å²) < 4.78 is 10.4. The van der Waals surface area contributed by atoms with Gasteiger partial charge in [0.1, 0.15) is 5.75 Å². The van der Waals surface area contributed by atoms with Crippen molar-refractivity contribution in [3.05, 3.63) is 29.3 Å². The molecule has 0 spiro atoms. The molecule has 0 saturated heterocycles. The summed E-state index contributed by atoms with van der Waals surface area (Å²) >= 11 is 0. The summed E-state index contributed by atoms with van der Waals surface area (Å²) in [4.78, 5) is 13.3. The Hall–Kier alpha value is -1.55. The van der Waals surface area contributed by atoms with E-state index in [1.54, 1.807) is 0 Å². The first-order valence-electron chi connectivity index (χ1n) is 7.06. The minimum absolute atomic E-state index is 0.193. The molecule has 0 aliphatic rings. The minimum atomic E-state index is -0.193. The summed E-state index contributed by atoms with van der Waals surface area (Å²) in [5, 5.41) is 0. The normalized spacial score (nSPS) is 10.7. The van der Waals surface area contributed by atoms with Crippen molar-refractivity contribution in [3.63, 3.8) is 0 Å². The maximum Gasteiger partial charge on any atom is 0.319 e. The Labute approximate surface area is 121 Å². The number of likely N-dealkylation sites (N-methyl/N-ethyl adjacent to an activating group) is 1. The van der Waals surface area contributed by atoms with E-state index in [0.717, 1.165) is 25.3 Å². The number of rotatable bonds is 8. The highest BCUT2D eigenvalue weighted by Crippen LogP contribution is 2.16. The lowest BCUT2D eigenvalue weighted by Crippen LogP contribution is -2.32. The molecular formula is C16H25NO3. The maximum absolute atomic E-state index is 11.2. The van der Waals surface area contributed by atoms with Gasteiger partial charge in [0.15, 0.2) is 0 Å². The van der Waals surface area contributed by atoms with E-state index in [1.165, 1.54) is 18.2 Å². The Morgan fingerprint density at radius 3 is 2.60 bits per heavy atom. The fraction of sp³-hybridized carbons (Fsp3) is 0.562. The average Bonchev–Trinajstić information content (AvgIpc) is 2.45. The second kappa shape index (κ2) is 8.59. The van der Waals surface area contributed by atoms with Gasteiger partial charge in [-0.15, -0.1) is 0 Å². The van der Waals surface area contributed by atoms with E-state index in [1.807, 2.05) is 13.0 Å². The molecule has 0 amide bonds. The second-order valence-corrected chi connectivity index (χ2v) is 4.89. The van der Waals surface area contributed by atoms with E-state index >= 15 is 0 Å². The van der Waals surface area contributed by atoms with Crippen molar-refractivity contribution in [1.29, 1.82) is 0 Å². The molecule has 0 aliphatic heterocycles. The molecule has 0 saturated carbocycles. The first-order valence-corrected chi connectivity index (χ1v) is 7.06. The lowest BCUT2D eigenvalue weighted by molar-refractivity contribution is -0.141. The standard InChI is InChI=1S/C16H25NO3/c1-5-17(12-16(18)19-4)9-6-10-20-15-8-7-13(2)14(3)11-15/h7-8,11H,5-6,9-10,12H2,1-4H3. The fourth-order valence-corrected chi connectivity index (χ4v) is 1.88. The number of ether oxygens (including phenoxy) is 2. The van der Waals surface area contributed by atoms with Crippen LogP contribution in [0.15, 0.2) is 18.2 Å². The van der Waals surface area contributed by atoms with E-state index in [2.05, 4.69) is 35.6 Å². The summed E-state index contributed by atoms with van der Waals surface area (Å²) in [6, 6.07) is 6.12. The lowest BCUT2D eigenvalue weighted by Gasteiger charge is -2.18. The lowest BCUT2D eigenvalue weighted by atomic mass is 10.1. The largest absolute Gasteiger partial charge is 0.494 e. The quantitative estimate of drug-likeness (QED) is 0.541. The molecule has 0 heterocycles. The van der Waals surface area contributed by atoms with Crippen LogP contribution in [-0.2, 0) is 9.53 Å². The van der Waals surface area contributed by atoms with E-state index < -0.39 is 0 Å². The topological polar surface area (TPSA) is 38.8 Å². The molecule has 0 aromatic heterocycles. The molecule has 0 aliphatic carbocycles. The van der Waals surface area contributed by atoms with Crippen LogP contribution in [0.1, 0.15) is 24.5 Å². The molecule has 1 rings (SSSR count). The third kappa shape index (κ3) is 5.61. The highest BCUT2D eigenvalue weighted by atomic mass is 16.5. The molecule has 0 bridgehead atoms. The van der Waals surface area contributed by atoms with Gasteiger partial charge in [0.05, 0.1) is 20.3 Å². The van der Waals surface area contributed by atoms with Crippen molar-refractivity contribution in [2.24, 2.45) is 0 Å². The number of hydrogen-bond acceptors (Lipinski definition) is 4. The van der Waals surface area contributed by atoms with Crippen LogP contribution in [0.5, 0.6) is 5.75 Å². The Kier molecular flexibility index (Phi) is 7.09. The first kappa shape index (κ1) is 16.5. The molecule has 4 heteroatoms. The number of esters is 1. The minimum Gasteiger partial charge on any atom is -0.494 e. The summed E-state index contributed by atoms with van der Waals surface area (Å²) in [6.07, 6.45) is 0.887. The number of methoxy groups -OCH3 is 1. The van der Waals surface area contributed by atoms with Gasteiger partial charge >= 0.3 is 5.97 Å². The van der Waals surface area contributed by atoms with Crippen LogP contribution in [0.3, 0.4) is 0 Å². The van der Waals surface area contributed by atoms with Gasteiger partial charge in [0, 0.05) is 6.54 Å². The SMILES string of the molecule is CCN(CCCOc1ccc(C)c(C)c1)CC(=O)OC. The van der Waals surface area contributed by atoms with Crippen molar-refractivity contribution in [1.82, 2.24) is 4.90 Å². The van der Waals surface area contributed by atoms with E-state index in [4.69, 9.17) is 4.74 Å². The van der Waals surface area contributed by atoms with E-state index in [-0.39, 0.29) is 5.97 Å². The smallest absolute Gasteiger partial charge is 0.319 e. The monoisotopic (exact) mass is 279 g/mol. The average molecular weight is 279 g/mol. The zero-order chi connectivity index (χ0) is 15.0. The van der Waals surface area contributed by atoms with Gasteiger partial charge in [0.2, 0.25) is 0 Å². The van der Waals surface area contributed by atoms with E-state index in [0.29, 0.717) is 13.2 Å². The predicted molar refractivity (Wildman–Crippen MR) is 80.2 cm³/mol. The van der Waals surface area contributed by atoms with Crippen molar-refractivity contribution >= 4 is 5.97 Å². The summed E-state index contributed by atoms with van der Waals surface area (Å²) in [6.45, 7) is 8.86. The molecular weight excluding hydrogens is 254 g/mol. The summed E-state index contributed by atoms with van der Waals surface area (Å²) in [5.74, 6) is 0.714. The van der Waals surface area contributed by atoms with Gasteiger partial charge in [-0.05, 0) is 50.1 Å². The maximum atomic E-state index is 11.2. The van der Waals surface area contributed by atoms with Gasteiger partial charge in [0.25, 0.3) is 0 Å². The van der Waals surface area contributed by atoms with Gasteiger partial charge in [-0.3, -0.25) is 9.69 Å². The summed E-state index contributed by atoms with van der Waals surface area (Å²) in [7, 11) is 1.42. The van der Waals surface area contributed by atoms with Crippen LogP contribution < -0.4 is 4.74 Å². The Bertz CT molecular complexity index is 432. The Morgan fingerprint density at radius 1 is 1.25 bits per heavy atom. The van der Waals surface area contributed by atoms with E-state index in [9.17, 15) is 4.79 Å². The molecule has 20 heavy (non-hydrogen) atoms. The van der Waals surface area contributed by atoms with Crippen LogP contribution >= 0.6 is 0 Å². The van der Waals surface area contributed by atoms with Crippen LogP contribution in [0, 0.1) is 13.8 Å². The van der Waals surface area contributed by atoms with Crippen molar-refractivity contribution in [2.45, 2.75) is 27.2 Å². The predicted octanol–water partition coefficient (Wildman–Crippen LogP) is 2.57. The zero-order valence-electron chi connectivity index (χ0n) is 12.9. The molecule has 112 valence electrons. The Morgan fingerprint density at radius 2 is 2.00 bits per heavy atom. The number of hydrogen-bond donors (Lipinski definition) is 0. The molecule has 1 aromatic rings. The summed E-state index contributed by atoms with van der Waals surface area (Å²) in [5.41, 5.74) is 2.51. The van der Waals surface area contributed by atoms with Gasteiger partial charge in [-0.1, -0.05) is 13.0 Å². The van der Waals surface area contributed by atoms with Crippen LogP contribution in [0.25, 0.3) is 0 Å². The molecule has 4 nitrogen and oxygen atoms in total. The van der Waals surface area contributed by atoms with Crippen LogP contribution in [0.4, 0.5) is 0 Å². The molecule has 0 unspecified atom stereocenters. The molecule has 1 aromatic carbocycles. The number of aryl methyl sites for hydroxylation is 2. The number of carbonyl (C=O) groups is 1. The number of benzene rings is 1. The number of nitrogens with zero attached hydrogens (tertiary/aromatic N) is 1. The molecule has 0 atom stereocenters. The Balaban J connectivity index is 2.29. The van der Waals surface area contributed by atoms with Crippen LogP contribution in [0.2, 0.25) is 0 Å².